The molecule has 2 amide bonds. The normalized spacial score (nSPS) is 14.1. The third kappa shape index (κ3) is 6.15. The fraction of sp³-hybridized carbons (Fsp3) is 0.333. The number of amides is 2. The summed E-state index contributed by atoms with van der Waals surface area (Å²) in [6.45, 7) is 1.78. The van der Waals surface area contributed by atoms with E-state index >= 15 is 0 Å². The van der Waals surface area contributed by atoms with Crippen LogP contribution in [-0.2, 0) is 11.3 Å². The van der Waals surface area contributed by atoms with E-state index in [9.17, 15) is 14.7 Å². The van der Waals surface area contributed by atoms with E-state index < -0.39 is 6.09 Å². The minimum absolute atomic E-state index is 0.154. The molecule has 10 nitrogen and oxygen atoms in total. The second kappa shape index (κ2) is 11.7. The number of aromatic nitrogens is 2. The molecule has 0 bridgehead atoms. The van der Waals surface area contributed by atoms with Gasteiger partial charge in [-0.15, -0.1) is 0 Å². The number of hydrogen-bond donors (Lipinski definition) is 2. The summed E-state index contributed by atoms with van der Waals surface area (Å²) in [4.78, 5) is 38.4. The molecule has 4 rings (SSSR count). The first-order chi connectivity index (χ1) is 17.9. The maximum atomic E-state index is 13.5. The summed E-state index contributed by atoms with van der Waals surface area (Å²) in [5, 5.41) is 12.1. The number of fused-ring (bicyclic) bond motifs is 1. The zero-order valence-electron chi connectivity index (χ0n) is 21.3. The molecule has 0 saturated carbocycles. The van der Waals surface area contributed by atoms with Gasteiger partial charge in [0.1, 0.15) is 11.4 Å². The van der Waals surface area contributed by atoms with E-state index in [1.54, 1.807) is 25.2 Å². The smallest absolute Gasteiger partial charge is 0.407 e. The second-order valence-corrected chi connectivity index (χ2v) is 8.93. The molecule has 0 radical (unpaired) electrons. The van der Waals surface area contributed by atoms with Crippen molar-refractivity contribution in [3.8, 4) is 0 Å². The van der Waals surface area contributed by atoms with Gasteiger partial charge in [-0.1, -0.05) is 42.5 Å². The minimum atomic E-state index is -0.971. The highest BCUT2D eigenvalue weighted by atomic mass is 16.5. The molecule has 1 aliphatic heterocycles. The maximum Gasteiger partial charge on any atom is 0.407 e. The van der Waals surface area contributed by atoms with Crippen molar-refractivity contribution in [2.45, 2.75) is 19.1 Å². The Morgan fingerprint density at radius 3 is 2.70 bits per heavy atom. The number of carbonyl (C=O) groups excluding carboxylic acids is 1. The number of carbonyl (C=O) groups is 2. The predicted molar refractivity (Wildman–Crippen MR) is 142 cm³/mol. The highest BCUT2D eigenvalue weighted by molar-refractivity contribution is 6.09. The van der Waals surface area contributed by atoms with E-state index in [-0.39, 0.29) is 12.0 Å². The van der Waals surface area contributed by atoms with Crippen molar-refractivity contribution < 1.29 is 19.4 Å². The van der Waals surface area contributed by atoms with E-state index in [1.807, 2.05) is 66.5 Å². The van der Waals surface area contributed by atoms with Gasteiger partial charge in [-0.3, -0.25) is 4.79 Å². The van der Waals surface area contributed by atoms with Gasteiger partial charge in [0.25, 0.3) is 5.91 Å². The molecule has 0 spiro atoms. The van der Waals surface area contributed by atoms with E-state index in [1.165, 1.54) is 4.90 Å². The van der Waals surface area contributed by atoms with E-state index in [0.29, 0.717) is 50.0 Å². The molecule has 2 heterocycles. The van der Waals surface area contributed by atoms with Crippen molar-refractivity contribution in [1.29, 1.82) is 0 Å². The lowest BCUT2D eigenvalue weighted by atomic mass is 10.1. The lowest BCUT2D eigenvalue weighted by Crippen LogP contribution is -2.33. The summed E-state index contributed by atoms with van der Waals surface area (Å²) >= 11 is 0. The Morgan fingerprint density at radius 1 is 1.19 bits per heavy atom. The number of carboxylic acid groups (broad SMARTS) is 1. The molecule has 3 aromatic rings. The number of ether oxygens (including phenoxy) is 1. The SMILES string of the molecule is CNc1ncc2c(n1)N(C)CCN(c1cccc(COC(CCN(C)C(=O)O)c3ccccc3)c1)C2=O. The Bertz CT molecular complexity index is 1240. The summed E-state index contributed by atoms with van der Waals surface area (Å²) in [5.74, 6) is 0.913. The average Bonchev–Trinajstić information content (AvgIpc) is 3.04. The number of benzene rings is 2. The molecule has 37 heavy (non-hydrogen) atoms. The van der Waals surface area contributed by atoms with E-state index in [0.717, 1.165) is 16.8 Å². The van der Waals surface area contributed by atoms with Crippen LogP contribution < -0.4 is 15.1 Å². The van der Waals surface area contributed by atoms with Crippen LogP contribution >= 0.6 is 0 Å². The molecular formula is C27H32N6O4. The number of nitrogens with zero attached hydrogens (tertiary/aromatic N) is 5. The third-order valence-electron chi connectivity index (χ3n) is 6.39. The van der Waals surface area contributed by atoms with Crippen molar-refractivity contribution in [3.05, 3.63) is 77.5 Å². The van der Waals surface area contributed by atoms with Gasteiger partial charge in [0, 0.05) is 52.7 Å². The first-order valence-corrected chi connectivity index (χ1v) is 12.1. The van der Waals surface area contributed by atoms with Crippen LogP contribution in [0.2, 0.25) is 0 Å². The number of nitrogens with one attached hydrogen (secondary N) is 1. The fourth-order valence-corrected chi connectivity index (χ4v) is 4.22. The molecule has 0 saturated heterocycles. The third-order valence-corrected chi connectivity index (χ3v) is 6.39. The van der Waals surface area contributed by atoms with Crippen molar-refractivity contribution >= 4 is 29.5 Å². The zero-order valence-corrected chi connectivity index (χ0v) is 21.3. The lowest BCUT2D eigenvalue weighted by Gasteiger charge is -2.23. The van der Waals surface area contributed by atoms with E-state index in [4.69, 9.17) is 4.74 Å². The Labute approximate surface area is 216 Å². The zero-order chi connectivity index (χ0) is 26.4. The Morgan fingerprint density at radius 2 is 1.97 bits per heavy atom. The number of rotatable bonds is 9. The summed E-state index contributed by atoms with van der Waals surface area (Å²) in [7, 11) is 5.21. The fourth-order valence-electron chi connectivity index (χ4n) is 4.22. The summed E-state index contributed by atoms with van der Waals surface area (Å²) in [5.41, 5.74) is 3.12. The highest BCUT2D eigenvalue weighted by Crippen LogP contribution is 2.28. The first kappa shape index (κ1) is 25.9. The number of hydrogen-bond acceptors (Lipinski definition) is 7. The summed E-state index contributed by atoms with van der Waals surface area (Å²) in [6, 6.07) is 17.5. The van der Waals surface area contributed by atoms with Crippen LogP contribution in [0.5, 0.6) is 0 Å². The minimum Gasteiger partial charge on any atom is -0.465 e. The molecule has 1 unspecified atom stereocenters. The number of likely N-dealkylation sites (N-methyl/N-ethyl adjacent to an activating group) is 1. The quantitative estimate of drug-likeness (QED) is 0.452. The summed E-state index contributed by atoms with van der Waals surface area (Å²) < 4.78 is 6.28. The van der Waals surface area contributed by atoms with Crippen molar-refractivity contribution in [1.82, 2.24) is 14.9 Å². The monoisotopic (exact) mass is 504 g/mol. The molecule has 2 N–H and O–H groups in total. The van der Waals surface area contributed by atoms with Crippen molar-refractivity contribution in [2.24, 2.45) is 0 Å². The van der Waals surface area contributed by atoms with Gasteiger partial charge < -0.3 is 29.9 Å². The first-order valence-electron chi connectivity index (χ1n) is 12.1. The molecule has 0 aliphatic carbocycles. The molecule has 2 aromatic carbocycles. The van der Waals surface area contributed by atoms with Crippen molar-refractivity contribution in [3.63, 3.8) is 0 Å². The Hall–Kier alpha value is -4.18. The van der Waals surface area contributed by atoms with Crippen LogP contribution in [0.25, 0.3) is 0 Å². The molecule has 1 aromatic heterocycles. The predicted octanol–water partition coefficient (Wildman–Crippen LogP) is 3.87. The largest absolute Gasteiger partial charge is 0.465 e. The standard InChI is InChI=1S/C27H32N6O4/c1-28-26-29-17-22-24(30-26)31(2)14-15-33(25(22)34)21-11-7-8-19(16-21)18-37-23(12-13-32(3)27(35)36)20-9-5-4-6-10-20/h4-11,16-17,23H,12-15,18H2,1-3H3,(H,35,36)(H,28,29,30). The van der Waals surface area contributed by atoms with Crippen LogP contribution in [0.3, 0.4) is 0 Å². The van der Waals surface area contributed by atoms with Gasteiger partial charge in [0.15, 0.2) is 0 Å². The lowest BCUT2D eigenvalue weighted by molar-refractivity contribution is 0.0288. The second-order valence-electron chi connectivity index (χ2n) is 8.93. The average molecular weight is 505 g/mol. The van der Waals surface area contributed by atoms with Gasteiger partial charge in [-0.05, 0) is 29.7 Å². The van der Waals surface area contributed by atoms with E-state index in [2.05, 4.69) is 15.3 Å². The Balaban J connectivity index is 1.51. The maximum absolute atomic E-state index is 13.5. The van der Waals surface area contributed by atoms with Gasteiger partial charge in [-0.25, -0.2) is 9.78 Å². The van der Waals surface area contributed by atoms with Gasteiger partial charge in [0.2, 0.25) is 5.95 Å². The highest BCUT2D eigenvalue weighted by Gasteiger charge is 2.28. The summed E-state index contributed by atoms with van der Waals surface area (Å²) in [6.07, 6.45) is 0.845. The molecular weight excluding hydrogens is 472 g/mol. The van der Waals surface area contributed by atoms with Crippen LogP contribution in [0.15, 0.2) is 60.8 Å². The topological polar surface area (TPSA) is 111 Å². The van der Waals surface area contributed by atoms with Crippen LogP contribution in [-0.4, -0.2) is 72.8 Å². The van der Waals surface area contributed by atoms with Gasteiger partial charge >= 0.3 is 6.09 Å². The molecule has 1 aliphatic rings. The molecule has 194 valence electrons. The van der Waals surface area contributed by atoms with Crippen LogP contribution in [0.1, 0.15) is 34.0 Å². The number of anilines is 3. The molecule has 0 fully saturated rings. The Kier molecular flexibility index (Phi) is 8.19. The van der Waals surface area contributed by atoms with Crippen LogP contribution in [0.4, 0.5) is 22.2 Å². The van der Waals surface area contributed by atoms with Gasteiger partial charge in [0.05, 0.1) is 12.7 Å². The van der Waals surface area contributed by atoms with Gasteiger partial charge in [-0.2, -0.15) is 4.98 Å². The van der Waals surface area contributed by atoms with Crippen molar-refractivity contribution in [2.75, 3.05) is 55.9 Å². The van der Waals surface area contributed by atoms with Crippen LogP contribution in [0, 0.1) is 0 Å². The molecule has 1 atom stereocenters. The molecule has 10 heteroatoms.